The molecule has 0 saturated carbocycles. The molecule has 0 fully saturated rings. The molecule has 0 aliphatic heterocycles. The van der Waals surface area contributed by atoms with Gasteiger partial charge in [-0.05, 0) is 50.4 Å². The lowest BCUT2D eigenvalue weighted by Gasteiger charge is -2.09. The molecule has 3 heteroatoms. The van der Waals surface area contributed by atoms with E-state index in [1.807, 2.05) is 0 Å². The van der Waals surface area contributed by atoms with Gasteiger partial charge in [0, 0.05) is 0 Å². The SMILES string of the molecule is Cc1cc(C)c(C[n+]2ccn(CCCN)c2)c(C)c1. The summed E-state index contributed by atoms with van der Waals surface area (Å²) in [6.07, 6.45) is 7.44. The van der Waals surface area contributed by atoms with Crippen LogP contribution in [0.15, 0.2) is 30.9 Å². The van der Waals surface area contributed by atoms with Crippen LogP contribution in [0.4, 0.5) is 0 Å². The Hall–Kier alpha value is -1.61. The van der Waals surface area contributed by atoms with Crippen molar-refractivity contribution in [3.05, 3.63) is 53.1 Å². The molecular weight excluding hydrogens is 234 g/mol. The van der Waals surface area contributed by atoms with Crippen LogP contribution in [0.2, 0.25) is 0 Å². The van der Waals surface area contributed by atoms with Crippen LogP contribution in [0.25, 0.3) is 0 Å². The van der Waals surface area contributed by atoms with Crippen LogP contribution in [0.1, 0.15) is 28.7 Å². The third-order valence-electron chi connectivity index (χ3n) is 3.55. The molecule has 1 aromatic carbocycles. The standard InChI is InChI=1S/C16H24N3/c1-13-9-14(2)16(15(3)10-13)11-19-8-7-18(12-19)6-4-5-17/h7-10,12H,4-6,11,17H2,1-3H3/q+1. The normalized spacial score (nSPS) is 10.9. The fraction of sp³-hybridized carbons (Fsp3) is 0.438. The van der Waals surface area contributed by atoms with Crippen molar-refractivity contribution in [1.29, 1.82) is 0 Å². The van der Waals surface area contributed by atoms with Crippen LogP contribution in [-0.2, 0) is 13.1 Å². The lowest BCUT2D eigenvalue weighted by atomic mass is 10.00. The van der Waals surface area contributed by atoms with Crippen LogP contribution in [0, 0.1) is 20.8 Å². The summed E-state index contributed by atoms with van der Waals surface area (Å²) < 4.78 is 4.44. The van der Waals surface area contributed by atoms with Gasteiger partial charge < -0.3 is 5.73 Å². The van der Waals surface area contributed by atoms with Gasteiger partial charge in [0.15, 0.2) is 0 Å². The number of benzene rings is 1. The second kappa shape index (κ2) is 6.02. The third kappa shape index (κ3) is 3.44. The molecule has 0 saturated heterocycles. The quantitative estimate of drug-likeness (QED) is 0.819. The van der Waals surface area contributed by atoms with Crippen molar-refractivity contribution in [2.24, 2.45) is 5.73 Å². The molecule has 2 rings (SSSR count). The van der Waals surface area contributed by atoms with Crippen molar-refractivity contribution < 1.29 is 4.57 Å². The summed E-state index contributed by atoms with van der Waals surface area (Å²) >= 11 is 0. The molecular formula is C16H24N3+. The first-order valence-electron chi connectivity index (χ1n) is 6.92. The number of hydrogen-bond acceptors (Lipinski definition) is 1. The highest BCUT2D eigenvalue weighted by Gasteiger charge is 2.09. The molecule has 0 bridgehead atoms. The zero-order valence-electron chi connectivity index (χ0n) is 12.2. The summed E-state index contributed by atoms with van der Waals surface area (Å²) in [6.45, 7) is 9.22. The molecule has 0 radical (unpaired) electrons. The maximum absolute atomic E-state index is 5.54. The van der Waals surface area contributed by atoms with Crippen molar-refractivity contribution in [2.75, 3.05) is 6.54 Å². The number of imidazole rings is 1. The molecule has 0 amide bonds. The Labute approximate surface area is 115 Å². The molecule has 0 atom stereocenters. The van der Waals surface area contributed by atoms with E-state index in [1.165, 1.54) is 22.3 Å². The highest BCUT2D eigenvalue weighted by Crippen LogP contribution is 2.15. The maximum Gasteiger partial charge on any atom is 0.244 e. The van der Waals surface area contributed by atoms with Gasteiger partial charge in [-0.25, -0.2) is 9.13 Å². The minimum Gasteiger partial charge on any atom is -0.330 e. The Balaban J connectivity index is 2.15. The Morgan fingerprint density at radius 1 is 1.16 bits per heavy atom. The molecule has 2 N–H and O–H groups in total. The Kier molecular flexibility index (Phi) is 4.38. The van der Waals surface area contributed by atoms with Crippen molar-refractivity contribution >= 4 is 0 Å². The zero-order valence-corrected chi connectivity index (χ0v) is 12.2. The molecule has 0 aliphatic rings. The fourth-order valence-corrected chi connectivity index (χ4v) is 2.58. The number of nitrogens with two attached hydrogens (primary N) is 1. The van der Waals surface area contributed by atoms with E-state index in [0.717, 1.165) is 26.1 Å². The summed E-state index contributed by atoms with van der Waals surface area (Å²) in [5, 5.41) is 0. The van der Waals surface area contributed by atoms with Crippen LogP contribution >= 0.6 is 0 Å². The van der Waals surface area contributed by atoms with E-state index in [4.69, 9.17) is 5.73 Å². The summed E-state index contributed by atoms with van der Waals surface area (Å²) in [7, 11) is 0. The first kappa shape index (κ1) is 13.8. The summed E-state index contributed by atoms with van der Waals surface area (Å²) in [5.41, 5.74) is 11.1. The second-order valence-electron chi connectivity index (χ2n) is 5.34. The Bertz CT molecular complexity index is 532. The van der Waals surface area contributed by atoms with E-state index in [9.17, 15) is 0 Å². The van der Waals surface area contributed by atoms with Crippen molar-refractivity contribution in [3.63, 3.8) is 0 Å². The first-order chi connectivity index (χ1) is 9.10. The van der Waals surface area contributed by atoms with Gasteiger partial charge in [-0.1, -0.05) is 17.7 Å². The molecule has 1 aromatic heterocycles. The van der Waals surface area contributed by atoms with Crippen molar-refractivity contribution in [2.45, 2.75) is 40.3 Å². The van der Waals surface area contributed by atoms with Gasteiger partial charge in [0.2, 0.25) is 6.33 Å². The van der Waals surface area contributed by atoms with Crippen LogP contribution in [-0.4, -0.2) is 11.1 Å². The Morgan fingerprint density at radius 3 is 2.47 bits per heavy atom. The van der Waals surface area contributed by atoms with Gasteiger partial charge >= 0.3 is 0 Å². The summed E-state index contributed by atoms with van der Waals surface area (Å²) in [5.74, 6) is 0. The second-order valence-corrected chi connectivity index (χ2v) is 5.34. The van der Waals surface area contributed by atoms with Gasteiger partial charge in [-0.15, -0.1) is 0 Å². The number of aryl methyl sites for hydroxylation is 4. The predicted octanol–water partition coefficient (Wildman–Crippen LogP) is 2.10. The number of aromatic nitrogens is 2. The van der Waals surface area contributed by atoms with Gasteiger partial charge in [0.1, 0.15) is 18.9 Å². The van der Waals surface area contributed by atoms with Gasteiger partial charge in [-0.2, -0.15) is 0 Å². The van der Waals surface area contributed by atoms with Gasteiger partial charge in [0.25, 0.3) is 0 Å². The smallest absolute Gasteiger partial charge is 0.244 e. The molecule has 3 nitrogen and oxygen atoms in total. The minimum atomic E-state index is 0.744. The number of nitrogens with zero attached hydrogens (tertiary/aromatic N) is 2. The lowest BCUT2D eigenvalue weighted by molar-refractivity contribution is -0.688. The first-order valence-corrected chi connectivity index (χ1v) is 6.92. The summed E-state index contributed by atoms with van der Waals surface area (Å²) in [6, 6.07) is 4.52. The van der Waals surface area contributed by atoms with Crippen LogP contribution in [0.5, 0.6) is 0 Å². The molecule has 0 aliphatic carbocycles. The van der Waals surface area contributed by atoms with Crippen molar-refractivity contribution in [3.8, 4) is 0 Å². The average molecular weight is 258 g/mol. The highest BCUT2D eigenvalue weighted by molar-refractivity contribution is 5.36. The number of rotatable bonds is 5. The van der Waals surface area contributed by atoms with Gasteiger partial charge in [-0.3, -0.25) is 0 Å². The van der Waals surface area contributed by atoms with E-state index in [0.29, 0.717) is 0 Å². The molecule has 0 spiro atoms. The van der Waals surface area contributed by atoms with Gasteiger partial charge in [0.05, 0.1) is 6.54 Å². The van der Waals surface area contributed by atoms with E-state index in [2.05, 4.69) is 60.8 Å². The largest absolute Gasteiger partial charge is 0.330 e. The summed E-state index contributed by atoms with van der Waals surface area (Å²) in [4.78, 5) is 0. The highest BCUT2D eigenvalue weighted by atomic mass is 15.1. The van der Waals surface area contributed by atoms with E-state index in [1.54, 1.807) is 0 Å². The topological polar surface area (TPSA) is 34.8 Å². The average Bonchev–Trinajstić information content (AvgIpc) is 2.79. The van der Waals surface area contributed by atoms with E-state index in [-0.39, 0.29) is 0 Å². The van der Waals surface area contributed by atoms with Crippen LogP contribution < -0.4 is 10.3 Å². The molecule has 102 valence electrons. The van der Waals surface area contributed by atoms with Crippen LogP contribution in [0.3, 0.4) is 0 Å². The Morgan fingerprint density at radius 2 is 1.84 bits per heavy atom. The van der Waals surface area contributed by atoms with E-state index < -0.39 is 0 Å². The number of hydrogen-bond donors (Lipinski definition) is 1. The molecule has 19 heavy (non-hydrogen) atoms. The van der Waals surface area contributed by atoms with Crippen molar-refractivity contribution in [1.82, 2.24) is 4.57 Å². The fourth-order valence-electron chi connectivity index (χ4n) is 2.58. The third-order valence-corrected chi connectivity index (χ3v) is 3.55. The molecule has 1 heterocycles. The minimum absolute atomic E-state index is 0.744. The zero-order chi connectivity index (χ0) is 13.8. The maximum atomic E-state index is 5.54. The van der Waals surface area contributed by atoms with E-state index >= 15 is 0 Å². The lowest BCUT2D eigenvalue weighted by Crippen LogP contribution is -2.32. The monoisotopic (exact) mass is 258 g/mol. The molecule has 0 unspecified atom stereocenters. The molecule has 2 aromatic rings. The predicted molar refractivity (Wildman–Crippen MR) is 78.1 cm³/mol.